The van der Waals surface area contributed by atoms with E-state index < -0.39 is 12.0 Å². The fraction of sp³-hybridized carbons (Fsp3) is 0.345. The number of nitrogens with one attached hydrogen (secondary N) is 1. The van der Waals surface area contributed by atoms with Crippen molar-refractivity contribution in [2.24, 2.45) is 4.99 Å². The molecule has 0 radical (unpaired) electrons. The predicted molar refractivity (Wildman–Crippen MR) is 145 cm³/mol. The Labute approximate surface area is 221 Å². The van der Waals surface area contributed by atoms with E-state index in [0.29, 0.717) is 17.8 Å². The summed E-state index contributed by atoms with van der Waals surface area (Å²) in [6, 6.07) is 17.4. The van der Waals surface area contributed by atoms with Crippen molar-refractivity contribution >= 4 is 34.5 Å². The van der Waals surface area contributed by atoms with E-state index in [9.17, 15) is 9.59 Å². The normalized spacial score (nSPS) is 20.9. The number of rotatable bonds is 8. The quantitative estimate of drug-likeness (QED) is 0.499. The van der Waals surface area contributed by atoms with E-state index in [0.717, 1.165) is 47.0 Å². The van der Waals surface area contributed by atoms with E-state index in [1.165, 1.54) is 11.8 Å². The Morgan fingerprint density at radius 3 is 2.65 bits per heavy atom. The Morgan fingerprint density at radius 1 is 1.16 bits per heavy atom. The number of thioether (sulfide) groups is 1. The highest BCUT2D eigenvalue weighted by Crippen LogP contribution is 2.47. The van der Waals surface area contributed by atoms with E-state index in [1.807, 2.05) is 71.8 Å². The van der Waals surface area contributed by atoms with Crippen LogP contribution in [-0.2, 0) is 19.1 Å². The number of hydrogen-bond donors (Lipinski definition) is 1. The number of esters is 1. The van der Waals surface area contributed by atoms with Crippen LogP contribution in [0.4, 0.5) is 0 Å². The average Bonchev–Trinajstić information content (AvgIpc) is 3.58. The lowest BCUT2D eigenvalue weighted by Gasteiger charge is -2.37. The minimum absolute atomic E-state index is 0.0788. The van der Waals surface area contributed by atoms with Crippen molar-refractivity contribution in [1.82, 2.24) is 10.2 Å². The van der Waals surface area contributed by atoms with Crippen molar-refractivity contribution in [3.63, 3.8) is 0 Å². The summed E-state index contributed by atoms with van der Waals surface area (Å²) in [7, 11) is 0. The zero-order valence-electron chi connectivity index (χ0n) is 21.1. The topological polar surface area (TPSA) is 80.2 Å². The molecule has 3 aliphatic rings. The molecule has 3 heterocycles. The first-order valence-electron chi connectivity index (χ1n) is 12.7. The molecule has 1 saturated heterocycles. The molecule has 2 aromatic rings. The van der Waals surface area contributed by atoms with Crippen molar-refractivity contribution in [2.75, 3.05) is 19.8 Å². The maximum atomic E-state index is 13.5. The Kier molecular flexibility index (Phi) is 7.76. The molecule has 0 saturated carbocycles. The summed E-state index contributed by atoms with van der Waals surface area (Å²) in [5.41, 5.74) is 4.77. The molecule has 5 rings (SSSR count). The van der Waals surface area contributed by atoms with Gasteiger partial charge in [-0.05, 0) is 37.7 Å². The van der Waals surface area contributed by atoms with E-state index >= 15 is 0 Å². The molecule has 2 unspecified atom stereocenters. The molecule has 37 heavy (non-hydrogen) atoms. The van der Waals surface area contributed by atoms with Gasteiger partial charge in [0, 0.05) is 24.4 Å². The van der Waals surface area contributed by atoms with Gasteiger partial charge in [0.2, 0.25) is 5.91 Å². The van der Waals surface area contributed by atoms with Crippen LogP contribution in [0, 0.1) is 6.92 Å². The van der Waals surface area contributed by atoms with Gasteiger partial charge in [0.1, 0.15) is 0 Å². The van der Waals surface area contributed by atoms with Crippen LogP contribution in [0.2, 0.25) is 0 Å². The summed E-state index contributed by atoms with van der Waals surface area (Å²) < 4.78 is 11.2. The van der Waals surface area contributed by atoms with E-state index in [-0.39, 0.29) is 25.0 Å². The largest absolute Gasteiger partial charge is 0.463 e. The minimum Gasteiger partial charge on any atom is -0.463 e. The molecule has 0 bridgehead atoms. The van der Waals surface area contributed by atoms with Crippen molar-refractivity contribution in [1.29, 1.82) is 0 Å². The Bertz CT molecular complexity index is 1250. The molecular weight excluding hydrogens is 486 g/mol. The van der Waals surface area contributed by atoms with Crippen molar-refractivity contribution < 1.29 is 19.1 Å². The van der Waals surface area contributed by atoms with Crippen LogP contribution in [0.1, 0.15) is 48.9 Å². The Hall–Kier alpha value is -3.36. The number of benzene rings is 2. The average molecular weight is 518 g/mol. The van der Waals surface area contributed by atoms with E-state index in [1.54, 1.807) is 6.92 Å². The highest BCUT2D eigenvalue weighted by Gasteiger charge is 2.42. The van der Waals surface area contributed by atoms with Crippen molar-refractivity contribution in [2.45, 2.75) is 45.3 Å². The number of aliphatic imine (C=N–C) groups is 1. The van der Waals surface area contributed by atoms with Gasteiger partial charge in [-0.2, -0.15) is 0 Å². The number of ether oxygens (including phenoxy) is 2. The van der Waals surface area contributed by atoms with Gasteiger partial charge in [0.25, 0.3) is 0 Å². The molecule has 192 valence electrons. The van der Waals surface area contributed by atoms with Gasteiger partial charge in [-0.25, -0.2) is 9.79 Å². The number of amidine groups is 1. The summed E-state index contributed by atoms with van der Waals surface area (Å²) in [6.07, 6.45) is 2.25. The summed E-state index contributed by atoms with van der Waals surface area (Å²) >= 11 is 1.47. The first-order chi connectivity index (χ1) is 18.0. The van der Waals surface area contributed by atoms with Crippen LogP contribution in [-0.4, -0.2) is 47.8 Å². The molecule has 2 aromatic carbocycles. The van der Waals surface area contributed by atoms with Gasteiger partial charge in [-0.15, -0.1) is 0 Å². The van der Waals surface area contributed by atoms with E-state index in [2.05, 4.69) is 5.32 Å². The van der Waals surface area contributed by atoms with Crippen LogP contribution in [0.5, 0.6) is 0 Å². The number of aryl methyl sites for hydroxylation is 1. The SMILES string of the molecule is CCOC(=O)C1=C(c2ccccc2)N=C2SC=C(CC(=O)NCC3CCCO3)N2C1c1ccc(C)cc1. The van der Waals surface area contributed by atoms with Crippen LogP contribution in [0.3, 0.4) is 0 Å². The van der Waals surface area contributed by atoms with Crippen molar-refractivity contribution in [3.05, 3.63) is 88.0 Å². The highest BCUT2D eigenvalue weighted by molar-refractivity contribution is 8.16. The van der Waals surface area contributed by atoms with Gasteiger partial charge in [0.05, 0.1) is 36.4 Å². The molecule has 1 amide bonds. The smallest absolute Gasteiger partial charge is 0.338 e. The molecular formula is C29H31N3O4S. The maximum Gasteiger partial charge on any atom is 0.338 e. The number of nitrogens with zero attached hydrogens (tertiary/aromatic N) is 2. The molecule has 3 aliphatic heterocycles. The monoisotopic (exact) mass is 517 g/mol. The third kappa shape index (κ3) is 5.50. The Morgan fingerprint density at radius 2 is 1.95 bits per heavy atom. The summed E-state index contributed by atoms with van der Waals surface area (Å²) in [4.78, 5) is 33.4. The Balaban J connectivity index is 1.52. The second-order valence-electron chi connectivity index (χ2n) is 9.27. The second-order valence-corrected chi connectivity index (χ2v) is 10.1. The number of amides is 1. The van der Waals surface area contributed by atoms with Crippen LogP contribution in [0.15, 0.2) is 76.3 Å². The minimum atomic E-state index is -0.477. The third-order valence-electron chi connectivity index (χ3n) is 6.64. The molecule has 0 spiro atoms. The summed E-state index contributed by atoms with van der Waals surface area (Å²) in [5, 5.41) is 5.71. The first-order valence-corrected chi connectivity index (χ1v) is 13.6. The molecule has 8 heteroatoms. The lowest BCUT2D eigenvalue weighted by molar-refractivity contribution is -0.139. The van der Waals surface area contributed by atoms with Crippen LogP contribution in [0.25, 0.3) is 5.70 Å². The zero-order valence-corrected chi connectivity index (χ0v) is 21.9. The zero-order chi connectivity index (χ0) is 25.8. The first kappa shape index (κ1) is 25.3. The predicted octanol–water partition coefficient (Wildman–Crippen LogP) is 4.96. The maximum absolute atomic E-state index is 13.5. The second kappa shape index (κ2) is 11.4. The van der Waals surface area contributed by atoms with Crippen LogP contribution < -0.4 is 5.32 Å². The summed E-state index contributed by atoms with van der Waals surface area (Å²) in [6.45, 7) is 5.35. The van der Waals surface area contributed by atoms with Crippen molar-refractivity contribution in [3.8, 4) is 0 Å². The summed E-state index contributed by atoms with van der Waals surface area (Å²) in [5.74, 6) is -0.490. The van der Waals surface area contributed by atoms with Gasteiger partial charge in [-0.3, -0.25) is 4.79 Å². The lowest BCUT2D eigenvalue weighted by Crippen LogP contribution is -2.38. The molecule has 1 fully saturated rings. The van der Waals surface area contributed by atoms with Gasteiger partial charge in [-0.1, -0.05) is 71.9 Å². The lowest BCUT2D eigenvalue weighted by atomic mass is 9.91. The molecule has 0 aliphatic carbocycles. The van der Waals surface area contributed by atoms with Gasteiger partial charge in [0.15, 0.2) is 5.17 Å². The molecule has 0 aromatic heterocycles. The number of carbonyl (C=O) groups excluding carboxylic acids is 2. The van der Waals surface area contributed by atoms with Crippen LogP contribution >= 0.6 is 11.8 Å². The highest BCUT2D eigenvalue weighted by atomic mass is 32.2. The number of fused-ring (bicyclic) bond motifs is 1. The molecule has 2 atom stereocenters. The molecule has 1 N–H and O–H groups in total. The van der Waals surface area contributed by atoms with E-state index in [4.69, 9.17) is 14.5 Å². The van der Waals surface area contributed by atoms with Gasteiger partial charge >= 0.3 is 5.97 Å². The van der Waals surface area contributed by atoms with Gasteiger partial charge < -0.3 is 19.7 Å². The third-order valence-corrected chi connectivity index (χ3v) is 7.53. The fourth-order valence-electron chi connectivity index (χ4n) is 4.81. The number of carbonyl (C=O) groups is 2. The fourth-order valence-corrected chi connectivity index (χ4v) is 5.73. The number of hydrogen-bond acceptors (Lipinski definition) is 7. The molecule has 7 nitrogen and oxygen atoms in total. The standard InChI is InChI=1S/C29H31N3O4S/c1-3-35-28(34)25-26(20-8-5-4-6-9-20)31-29-32(27(25)21-13-11-19(2)12-14-21)22(18-37-29)16-24(33)30-17-23-10-7-15-36-23/h4-6,8-9,11-14,18,23,27H,3,7,10,15-17H2,1-2H3,(H,30,33).